The van der Waals surface area contributed by atoms with Gasteiger partial charge in [-0.05, 0) is 37.3 Å². The number of benzene rings is 1. The molecule has 2 rings (SSSR count). The molecule has 2 amide bonds. The lowest BCUT2D eigenvalue weighted by Gasteiger charge is -2.28. The molecule has 0 radical (unpaired) electrons. The fourth-order valence-electron chi connectivity index (χ4n) is 2.53. The number of carbonyl (C=O) groups excluding carboxylic acids is 1. The molecule has 0 aromatic heterocycles. The van der Waals surface area contributed by atoms with Crippen LogP contribution in [-0.2, 0) is 0 Å². The fourth-order valence-corrected chi connectivity index (χ4v) is 2.99. The normalized spacial score (nSPS) is 19.5. The largest absolute Gasteiger partial charge is 0.394 e. The molecular formula is C15H22N2O2S. The van der Waals surface area contributed by atoms with Crippen molar-refractivity contribution in [3.8, 4) is 0 Å². The molecule has 1 atom stereocenters. The number of rotatable bonds is 3. The molecule has 2 N–H and O–H groups in total. The van der Waals surface area contributed by atoms with Gasteiger partial charge in [0.1, 0.15) is 0 Å². The zero-order chi connectivity index (χ0) is 14.4. The Morgan fingerprint density at radius 3 is 3.05 bits per heavy atom. The molecule has 110 valence electrons. The monoisotopic (exact) mass is 294 g/mol. The summed E-state index contributed by atoms with van der Waals surface area (Å²) in [5.41, 5.74) is 0.808. The van der Waals surface area contributed by atoms with Crippen molar-refractivity contribution in [3.63, 3.8) is 0 Å². The van der Waals surface area contributed by atoms with Gasteiger partial charge in [0.05, 0.1) is 12.6 Å². The summed E-state index contributed by atoms with van der Waals surface area (Å²) in [5, 5.41) is 12.4. The van der Waals surface area contributed by atoms with Crippen molar-refractivity contribution in [2.24, 2.45) is 0 Å². The highest BCUT2D eigenvalue weighted by atomic mass is 32.2. The number of amides is 2. The van der Waals surface area contributed by atoms with Gasteiger partial charge in [-0.3, -0.25) is 0 Å². The van der Waals surface area contributed by atoms with Gasteiger partial charge in [-0.25, -0.2) is 4.79 Å². The van der Waals surface area contributed by atoms with Crippen LogP contribution in [0.2, 0.25) is 0 Å². The standard InChI is InChI=1S/C15H22N2O2S/c1-20-14-8-5-6-12(10-14)16-15(19)17-9-4-2-3-7-13(17)11-18/h5-6,8,10,13,18H,2-4,7,9,11H2,1H3,(H,16,19). The van der Waals surface area contributed by atoms with Gasteiger partial charge in [-0.15, -0.1) is 11.8 Å². The van der Waals surface area contributed by atoms with Gasteiger partial charge in [-0.1, -0.05) is 18.9 Å². The van der Waals surface area contributed by atoms with Crippen molar-refractivity contribution in [2.45, 2.75) is 36.6 Å². The second-order valence-electron chi connectivity index (χ2n) is 5.04. The molecule has 0 bridgehead atoms. The first kappa shape index (κ1) is 15.2. The van der Waals surface area contributed by atoms with Crippen LogP contribution in [0.3, 0.4) is 0 Å². The van der Waals surface area contributed by atoms with Crippen LogP contribution in [-0.4, -0.2) is 41.5 Å². The van der Waals surface area contributed by atoms with Crippen molar-refractivity contribution in [3.05, 3.63) is 24.3 Å². The van der Waals surface area contributed by atoms with E-state index in [-0.39, 0.29) is 18.7 Å². The number of nitrogens with zero attached hydrogens (tertiary/aromatic N) is 1. The number of urea groups is 1. The molecule has 1 heterocycles. The molecule has 20 heavy (non-hydrogen) atoms. The van der Waals surface area contributed by atoms with E-state index >= 15 is 0 Å². The van der Waals surface area contributed by atoms with Crippen molar-refractivity contribution in [1.29, 1.82) is 0 Å². The number of likely N-dealkylation sites (tertiary alicyclic amines) is 1. The van der Waals surface area contributed by atoms with E-state index in [0.717, 1.165) is 42.8 Å². The summed E-state index contributed by atoms with van der Waals surface area (Å²) in [7, 11) is 0. The van der Waals surface area contributed by atoms with Crippen molar-refractivity contribution >= 4 is 23.5 Å². The van der Waals surface area contributed by atoms with Crippen LogP contribution >= 0.6 is 11.8 Å². The second-order valence-corrected chi connectivity index (χ2v) is 5.92. The number of anilines is 1. The van der Waals surface area contributed by atoms with Crippen LogP contribution in [0.1, 0.15) is 25.7 Å². The Labute approximate surface area is 124 Å². The van der Waals surface area contributed by atoms with Crippen molar-refractivity contribution in [1.82, 2.24) is 4.90 Å². The third-order valence-corrected chi connectivity index (χ3v) is 4.40. The number of nitrogens with one attached hydrogen (secondary N) is 1. The predicted octanol–water partition coefficient (Wildman–Crippen LogP) is 3.18. The fraction of sp³-hybridized carbons (Fsp3) is 0.533. The van der Waals surface area contributed by atoms with Crippen molar-refractivity contribution in [2.75, 3.05) is 24.7 Å². The number of hydrogen-bond donors (Lipinski definition) is 2. The quantitative estimate of drug-likeness (QED) is 0.842. The van der Waals surface area contributed by atoms with E-state index in [0.29, 0.717) is 0 Å². The lowest BCUT2D eigenvalue weighted by atomic mass is 10.1. The van der Waals surface area contributed by atoms with Gasteiger partial charge in [-0.2, -0.15) is 0 Å². The zero-order valence-electron chi connectivity index (χ0n) is 11.8. The lowest BCUT2D eigenvalue weighted by Crippen LogP contribution is -2.44. The van der Waals surface area contributed by atoms with Gasteiger partial charge in [0, 0.05) is 17.1 Å². The van der Waals surface area contributed by atoms with E-state index in [4.69, 9.17) is 0 Å². The highest BCUT2D eigenvalue weighted by Crippen LogP contribution is 2.21. The molecule has 1 aliphatic rings. The Morgan fingerprint density at radius 2 is 2.30 bits per heavy atom. The topological polar surface area (TPSA) is 52.6 Å². The summed E-state index contributed by atoms with van der Waals surface area (Å²) in [6.07, 6.45) is 6.11. The lowest BCUT2D eigenvalue weighted by molar-refractivity contribution is 0.142. The van der Waals surface area contributed by atoms with Gasteiger partial charge < -0.3 is 15.3 Å². The molecule has 0 aliphatic carbocycles. The third kappa shape index (κ3) is 3.90. The Morgan fingerprint density at radius 1 is 1.45 bits per heavy atom. The molecule has 1 saturated heterocycles. The van der Waals surface area contributed by atoms with E-state index in [1.54, 1.807) is 16.7 Å². The minimum atomic E-state index is -0.107. The summed E-state index contributed by atoms with van der Waals surface area (Å²) >= 11 is 1.65. The Kier molecular flexibility index (Phi) is 5.73. The first-order chi connectivity index (χ1) is 9.74. The first-order valence-electron chi connectivity index (χ1n) is 7.07. The smallest absolute Gasteiger partial charge is 0.322 e. The van der Waals surface area contributed by atoms with Gasteiger partial charge in [0.2, 0.25) is 0 Å². The molecule has 0 spiro atoms. The minimum absolute atomic E-state index is 0.0400. The van der Waals surface area contributed by atoms with E-state index in [2.05, 4.69) is 5.32 Å². The number of carbonyl (C=O) groups is 1. The van der Waals surface area contributed by atoms with Crippen molar-refractivity contribution < 1.29 is 9.90 Å². The predicted molar refractivity (Wildman–Crippen MR) is 83.3 cm³/mol. The average Bonchev–Trinajstić information content (AvgIpc) is 2.72. The van der Waals surface area contributed by atoms with Crippen LogP contribution in [0, 0.1) is 0 Å². The number of thioether (sulfide) groups is 1. The molecule has 1 unspecified atom stereocenters. The molecule has 0 saturated carbocycles. The average molecular weight is 294 g/mol. The molecular weight excluding hydrogens is 272 g/mol. The van der Waals surface area contributed by atoms with Gasteiger partial charge in [0.25, 0.3) is 0 Å². The maximum Gasteiger partial charge on any atom is 0.322 e. The Bertz CT molecular complexity index is 453. The second kappa shape index (κ2) is 7.55. The molecule has 5 heteroatoms. The highest BCUT2D eigenvalue weighted by molar-refractivity contribution is 7.98. The first-order valence-corrected chi connectivity index (χ1v) is 8.29. The zero-order valence-corrected chi connectivity index (χ0v) is 12.7. The molecule has 1 aromatic rings. The third-order valence-electron chi connectivity index (χ3n) is 3.67. The summed E-state index contributed by atoms with van der Waals surface area (Å²) < 4.78 is 0. The van der Waals surface area contributed by atoms with E-state index in [9.17, 15) is 9.90 Å². The maximum atomic E-state index is 12.4. The van der Waals surface area contributed by atoms with Crippen LogP contribution in [0.15, 0.2) is 29.2 Å². The summed E-state index contributed by atoms with van der Waals surface area (Å²) in [5.74, 6) is 0. The van der Waals surface area contributed by atoms with E-state index in [1.807, 2.05) is 30.5 Å². The number of hydrogen-bond acceptors (Lipinski definition) is 3. The molecule has 1 aliphatic heterocycles. The Hall–Kier alpha value is -1.20. The van der Waals surface area contributed by atoms with Crippen LogP contribution in [0.5, 0.6) is 0 Å². The van der Waals surface area contributed by atoms with Gasteiger partial charge in [0.15, 0.2) is 0 Å². The van der Waals surface area contributed by atoms with Crippen LogP contribution in [0.25, 0.3) is 0 Å². The highest BCUT2D eigenvalue weighted by Gasteiger charge is 2.24. The van der Waals surface area contributed by atoms with Crippen LogP contribution < -0.4 is 5.32 Å². The maximum absolute atomic E-state index is 12.4. The summed E-state index contributed by atoms with van der Waals surface area (Å²) in [6, 6.07) is 7.65. The van der Waals surface area contributed by atoms with Crippen LogP contribution in [0.4, 0.5) is 10.5 Å². The minimum Gasteiger partial charge on any atom is -0.394 e. The summed E-state index contributed by atoms with van der Waals surface area (Å²) in [4.78, 5) is 15.3. The van der Waals surface area contributed by atoms with E-state index < -0.39 is 0 Å². The number of aliphatic hydroxyl groups excluding tert-OH is 1. The number of aliphatic hydroxyl groups is 1. The SMILES string of the molecule is CSc1cccc(NC(=O)N2CCCCCC2CO)c1. The summed E-state index contributed by atoms with van der Waals surface area (Å²) in [6.45, 7) is 0.761. The Balaban J connectivity index is 2.05. The molecule has 1 aromatic carbocycles. The molecule has 1 fully saturated rings. The van der Waals surface area contributed by atoms with E-state index in [1.165, 1.54) is 0 Å². The molecule has 4 nitrogen and oxygen atoms in total. The van der Waals surface area contributed by atoms with Gasteiger partial charge >= 0.3 is 6.03 Å².